The second-order valence-electron chi connectivity index (χ2n) is 5.22. The molecule has 1 aromatic heterocycles. The van der Waals surface area contributed by atoms with Crippen LogP contribution < -0.4 is 10.1 Å². The predicted molar refractivity (Wildman–Crippen MR) is 83.5 cm³/mol. The molecule has 8 heteroatoms. The lowest BCUT2D eigenvalue weighted by atomic mass is 10.0. The maximum absolute atomic E-state index is 12.1. The number of allylic oxidation sites excluding steroid dienone is 3. The number of carbonyl (C=O) groups is 1. The predicted octanol–water partition coefficient (Wildman–Crippen LogP) is 3.87. The molecule has 0 atom stereocenters. The molecule has 0 aliphatic heterocycles. The van der Waals surface area contributed by atoms with Crippen LogP contribution in [0.4, 0.5) is 13.2 Å². The second kappa shape index (κ2) is 8.19. The Morgan fingerprint density at radius 1 is 1.33 bits per heavy atom. The Hall–Kier alpha value is -2.02. The Labute approximate surface area is 142 Å². The first kappa shape index (κ1) is 18.3. The maximum Gasteiger partial charge on any atom is 0.422 e. The van der Waals surface area contributed by atoms with Crippen LogP contribution in [0.15, 0.2) is 41.1 Å². The average Bonchev–Trinajstić information content (AvgIpc) is 2.53. The molecule has 1 heterocycles. The second-order valence-corrected chi connectivity index (χ2v) is 5.63. The first-order chi connectivity index (χ1) is 11.3. The van der Waals surface area contributed by atoms with E-state index in [-0.39, 0.29) is 24.8 Å². The molecular weight excluding hydrogens is 345 g/mol. The zero-order valence-corrected chi connectivity index (χ0v) is 13.5. The topological polar surface area (TPSA) is 51.2 Å². The zero-order valence-electron chi connectivity index (χ0n) is 12.7. The van der Waals surface area contributed by atoms with Crippen LogP contribution in [0.5, 0.6) is 5.88 Å². The van der Waals surface area contributed by atoms with E-state index >= 15 is 0 Å². The van der Waals surface area contributed by atoms with E-state index in [0.29, 0.717) is 10.6 Å². The summed E-state index contributed by atoms with van der Waals surface area (Å²) < 4.78 is 40.9. The fraction of sp³-hybridized carbons (Fsp3) is 0.375. The number of amides is 1. The van der Waals surface area contributed by atoms with E-state index in [1.807, 2.05) is 12.2 Å². The molecule has 0 bridgehead atoms. The Morgan fingerprint density at radius 3 is 2.79 bits per heavy atom. The van der Waals surface area contributed by atoms with Gasteiger partial charge in [0, 0.05) is 23.8 Å². The van der Waals surface area contributed by atoms with Crippen molar-refractivity contribution < 1.29 is 22.7 Å². The van der Waals surface area contributed by atoms with E-state index < -0.39 is 12.8 Å². The summed E-state index contributed by atoms with van der Waals surface area (Å²) in [6, 6.07) is 2.95. The van der Waals surface area contributed by atoms with E-state index in [0.717, 1.165) is 18.4 Å². The normalized spacial score (nSPS) is 14.7. The van der Waals surface area contributed by atoms with Crippen molar-refractivity contribution in [2.45, 2.75) is 32.0 Å². The van der Waals surface area contributed by atoms with Crippen molar-refractivity contribution in [3.05, 3.63) is 46.7 Å². The third kappa shape index (κ3) is 6.23. The van der Waals surface area contributed by atoms with Gasteiger partial charge in [-0.3, -0.25) is 4.79 Å². The van der Waals surface area contributed by atoms with Crippen molar-refractivity contribution in [3.63, 3.8) is 0 Å². The monoisotopic (exact) mass is 360 g/mol. The van der Waals surface area contributed by atoms with Crippen molar-refractivity contribution in [2.24, 2.45) is 0 Å². The van der Waals surface area contributed by atoms with Crippen molar-refractivity contribution in [1.29, 1.82) is 0 Å². The number of nitrogens with zero attached hydrogens (tertiary/aromatic N) is 1. The van der Waals surface area contributed by atoms with Crippen LogP contribution in [0.2, 0.25) is 0 Å². The Bertz CT molecular complexity index is 657. The van der Waals surface area contributed by atoms with Gasteiger partial charge in [0.2, 0.25) is 11.8 Å². The molecule has 4 nitrogen and oxygen atoms in total. The fourth-order valence-electron chi connectivity index (χ4n) is 2.08. The van der Waals surface area contributed by atoms with Gasteiger partial charge in [-0.25, -0.2) is 4.98 Å². The number of aromatic nitrogens is 1. The van der Waals surface area contributed by atoms with Gasteiger partial charge in [0.25, 0.3) is 0 Å². The fourth-order valence-corrected chi connectivity index (χ4v) is 2.34. The third-order valence-corrected chi connectivity index (χ3v) is 3.61. The van der Waals surface area contributed by atoms with Gasteiger partial charge in [-0.15, -0.1) is 0 Å². The van der Waals surface area contributed by atoms with Crippen LogP contribution in [0.25, 0.3) is 0 Å². The van der Waals surface area contributed by atoms with Crippen molar-refractivity contribution in [3.8, 4) is 5.88 Å². The Morgan fingerprint density at radius 2 is 2.08 bits per heavy atom. The average molecular weight is 361 g/mol. The number of hydrogen-bond donors (Lipinski definition) is 1. The number of ether oxygens (including phenoxy) is 1. The number of halogens is 4. The molecule has 0 fully saturated rings. The SMILES string of the molecule is O=C(CC1=CCCC=C1Cl)NCc1ccnc(OCC(F)(F)F)c1. The van der Waals surface area contributed by atoms with E-state index in [4.69, 9.17) is 11.6 Å². The quantitative estimate of drug-likeness (QED) is 0.837. The zero-order chi connectivity index (χ0) is 17.6. The van der Waals surface area contributed by atoms with Crippen molar-refractivity contribution in [1.82, 2.24) is 10.3 Å². The molecule has 1 aliphatic carbocycles. The minimum Gasteiger partial charge on any atom is -0.468 e. The van der Waals surface area contributed by atoms with Gasteiger partial charge < -0.3 is 10.1 Å². The first-order valence-electron chi connectivity index (χ1n) is 7.30. The summed E-state index contributed by atoms with van der Waals surface area (Å²) in [6.07, 6.45) is 2.58. The summed E-state index contributed by atoms with van der Waals surface area (Å²) in [5.74, 6) is -0.357. The molecular formula is C16H16ClF3N2O2. The van der Waals surface area contributed by atoms with Gasteiger partial charge in [-0.05, 0) is 30.0 Å². The first-order valence-corrected chi connectivity index (χ1v) is 7.67. The summed E-state index contributed by atoms with van der Waals surface area (Å²) in [4.78, 5) is 15.6. The van der Waals surface area contributed by atoms with Crippen LogP contribution >= 0.6 is 11.6 Å². The molecule has 0 unspecified atom stereocenters. The molecule has 1 aliphatic rings. The maximum atomic E-state index is 12.1. The van der Waals surface area contributed by atoms with Gasteiger partial charge in [-0.1, -0.05) is 23.8 Å². The summed E-state index contributed by atoms with van der Waals surface area (Å²) in [7, 11) is 0. The van der Waals surface area contributed by atoms with E-state index in [2.05, 4.69) is 15.0 Å². The Kier molecular flexibility index (Phi) is 6.25. The Balaban J connectivity index is 1.84. The standard InChI is InChI=1S/C16H16ClF3N2O2/c17-13-4-2-1-3-12(13)8-14(23)22-9-11-5-6-21-15(7-11)24-10-16(18,19)20/h3-7H,1-2,8-10H2,(H,22,23). The number of hydrogen-bond acceptors (Lipinski definition) is 3. The van der Waals surface area contributed by atoms with Crippen LogP contribution in [-0.2, 0) is 11.3 Å². The molecule has 0 saturated heterocycles. The van der Waals surface area contributed by atoms with E-state index in [1.165, 1.54) is 12.3 Å². The van der Waals surface area contributed by atoms with Crippen molar-refractivity contribution >= 4 is 17.5 Å². The lowest BCUT2D eigenvalue weighted by Gasteiger charge is -2.12. The minimum absolute atomic E-state index is 0.139. The summed E-state index contributed by atoms with van der Waals surface area (Å²) in [5.41, 5.74) is 1.37. The number of pyridine rings is 1. The lowest BCUT2D eigenvalue weighted by molar-refractivity contribution is -0.154. The van der Waals surface area contributed by atoms with Gasteiger partial charge >= 0.3 is 6.18 Å². The van der Waals surface area contributed by atoms with E-state index in [1.54, 1.807) is 6.07 Å². The largest absolute Gasteiger partial charge is 0.468 e. The summed E-state index contributed by atoms with van der Waals surface area (Å²) in [5, 5.41) is 3.28. The molecule has 2 rings (SSSR count). The minimum atomic E-state index is -4.42. The number of nitrogens with one attached hydrogen (secondary N) is 1. The van der Waals surface area contributed by atoms with Gasteiger partial charge in [0.15, 0.2) is 6.61 Å². The highest BCUT2D eigenvalue weighted by Gasteiger charge is 2.28. The van der Waals surface area contributed by atoms with Crippen LogP contribution in [-0.4, -0.2) is 23.7 Å². The molecule has 1 amide bonds. The highest BCUT2D eigenvalue weighted by Crippen LogP contribution is 2.24. The van der Waals surface area contributed by atoms with Crippen LogP contribution in [0, 0.1) is 0 Å². The van der Waals surface area contributed by atoms with Crippen molar-refractivity contribution in [2.75, 3.05) is 6.61 Å². The van der Waals surface area contributed by atoms with Gasteiger partial charge in [0.1, 0.15) is 0 Å². The van der Waals surface area contributed by atoms with E-state index in [9.17, 15) is 18.0 Å². The molecule has 0 radical (unpaired) electrons. The highest BCUT2D eigenvalue weighted by molar-refractivity contribution is 6.32. The summed E-state index contributed by atoms with van der Waals surface area (Å²) in [6.45, 7) is -1.24. The van der Waals surface area contributed by atoms with Crippen LogP contribution in [0.3, 0.4) is 0 Å². The third-order valence-electron chi connectivity index (χ3n) is 3.21. The number of alkyl halides is 3. The summed E-state index contributed by atoms with van der Waals surface area (Å²) >= 11 is 6.03. The van der Waals surface area contributed by atoms with Crippen LogP contribution in [0.1, 0.15) is 24.8 Å². The molecule has 24 heavy (non-hydrogen) atoms. The smallest absolute Gasteiger partial charge is 0.422 e. The van der Waals surface area contributed by atoms with Gasteiger partial charge in [-0.2, -0.15) is 13.2 Å². The molecule has 0 saturated carbocycles. The molecule has 0 spiro atoms. The van der Waals surface area contributed by atoms with Gasteiger partial charge in [0.05, 0.1) is 6.42 Å². The number of carbonyl (C=O) groups excluding carboxylic acids is 1. The number of rotatable bonds is 6. The lowest BCUT2D eigenvalue weighted by Crippen LogP contribution is -2.23. The molecule has 130 valence electrons. The molecule has 1 aromatic rings. The highest BCUT2D eigenvalue weighted by atomic mass is 35.5. The molecule has 0 aromatic carbocycles. The molecule has 1 N–H and O–H groups in total.